The van der Waals surface area contributed by atoms with Crippen molar-refractivity contribution in [3.63, 3.8) is 0 Å². The number of amides is 1. The summed E-state index contributed by atoms with van der Waals surface area (Å²) in [5.41, 5.74) is 4.70. The molecule has 102 valence electrons. The Morgan fingerprint density at radius 3 is 2.29 bits per heavy atom. The van der Waals surface area contributed by atoms with Crippen molar-refractivity contribution in [3.8, 4) is 0 Å². The molecule has 0 fully saturated rings. The molecule has 4 heteroatoms. The normalized spacial score (nSPS) is 15.6. The lowest BCUT2D eigenvalue weighted by Gasteiger charge is -2.28. The van der Waals surface area contributed by atoms with Gasteiger partial charge in [0.2, 0.25) is 5.91 Å². The zero-order valence-electron chi connectivity index (χ0n) is 11.9. The molecular weight excluding hydrogens is 216 g/mol. The number of hydrogen-bond acceptors (Lipinski definition) is 3. The van der Waals surface area contributed by atoms with Gasteiger partial charge in [0, 0.05) is 6.61 Å². The van der Waals surface area contributed by atoms with E-state index in [2.05, 4.69) is 12.2 Å². The van der Waals surface area contributed by atoms with Crippen molar-refractivity contribution in [1.29, 1.82) is 0 Å². The highest BCUT2D eigenvalue weighted by atomic mass is 16.5. The van der Waals surface area contributed by atoms with Gasteiger partial charge in [-0.05, 0) is 53.5 Å². The maximum atomic E-state index is 11.4. The molecule has 0 bridgehead atoms. The second kappa shape index (κ2) is 6.97. The fourth-order valence-electron chi connectivity index (χ4n) is 1.50. The molecule has 0 aliphatic rings. The monoisotopic (exact) mass is 244 g/mol. The van der Waals surface area contributed by atoms with Crippen LogP contribution in [-0.2, 0) is 9.53 Å². The Labute approximate surface area is 105 Å². The van der Waals surface area contributed by atoms with E-state index in [0.717, 1.165) is 19.4 Å². The van der Waals surface area contributed by atoms with Crippen molar-refractivity contribution in [2.24, 2.45) is 5.73 Å². The van der Waals surface area contributed by atoms with Gasteiger partial charge in [-0.25, -0.2) is 0 Å². The number of carbonyl (C=O) groups is 1. The predicted molar refractivity (Wildman–Crippen MR) is 70.8 cm³/mol. The Bertz CT molecular complexity index is 236. The van der Waals surface area contributed by atoms with Gasteiger partial charge in [-0.3, -0.25) is 4.79 Å². The van der Waals surface area contributed by atoms with Crippen LogP contribution in [0.3, 0.4) is 0 Å². The maximum Gasteiger partial charge on any atom is 0.237 e. The largest absolute Gasteiger partial charge is 0.376 e. The van der Waals surface area contributed by atoms with E-state index in [9.17, 15) is 4.79 Å². The lowest BCUT2D eigenvalue weighted by molar-refractivity contribution is -0.124. The minimum atomic E-state index is -0.614. The highest BCUT2D eigenvalue weighted by Gasteiger charge is 2.29. The van der Waals surface area contributed by atoms with E-state index in [-0.39, 0.29) is 11.5 Å². The smallest absolute Gasteiger partial charge is 0.237 e. The SMILES string of the molecule is CCCNC(C)(CCCOC(C)(C)C)C(N)=O. The van der Waals surface area contributed by atoms with Crippen LogP contribution in [0, 0.1) is 0 Å². The van der Waals surface area contributed by atoms with Crippen molar-refractivity contribution in [2.75, 3.05) is 13.2 Å². The van der Waals surface area contributed by atoms with Crippen LogP contribution in [0.25, 0.3) is 0 Å². The molecule has 4 nitrogen and oxygen atoms in total. The zero-order chi connectivity index (χ0) is 13.5. The molecule has 0 spiro atoms. The van der Waals surface area contributed by atoms with Crippen LogP contribution in [0.15, 0.2) is 0 Å². The van der Waals surface area contributed by atoms with E-state index in [1.54, 1.807) is 0 Å². The van der Waals surface area contributed by atoms with Gasteiger partial charge in [0.15, 0.2) is 0 Å². The summed E-state index contributed by atoms with van der Waals surface area (Å²) >= 11 is 0. The summed E-state index contributed by atoms with van der Waals surface area (Å²) < 4.78 is 5.63. The average Bonchev–Trinajstić information content (AvgIpc) is 2.20. The number of nitrogens with one attached hydrogen (secondary N) is 1. The minimum Gasteiger partial charge on any atom is -0.376 e. The van der Waals surface area contributed by atoms with E-state index in [1.165, 1.54) is 0 Å². The molecule has 0 heterocycles. The molecule has 1 amide bonds. The van der Waals surface area contributed by atoms with E-state index < -0.39 is 5.54 Å². The number of nitrogens with two attached hydrogens (primary N) is 1. The number of hydrogen-bond donors (Lipinski definition) is 2. The fraction of sp³-hybridized carbons (Fsp3) is 0.923. The zero-order valence-corrected chi connectivity index (χ0v) is 11.9. The Balaban J connectivity index is 4.05. The van der Waals surface area contributed by atoms with Gasteiger partial charge in [-0.2, -0.15) is 0 Å². The molecule has 3 N–H and O–H groups in total. The summed E-state index contributed by atoms with van der Waals surface area (Å²) in [5, 5.41) is 3.21. The standard InChI is InChI=1S/C13H28N2O2/c1-6-9-15-13(5,11(14)16)8-7-10-17-12(2,3)4/h15H,6-10H2,1-5H3,(H2,14,16). The Morgan fingerprint density at radius 2 is 1.88 bits per heavy atom. The summed E-state index contributed by atoms with van der Waals surface area (Å²) in [6.07, 6.45) is 2.52. The van der Waals surface area contributed by atoms with Crippen LogP contribution in [-0.4, -0.2) is 30.2 Å². The molecule has 0 aromatic carbocycles. The highest BCUT2D eigenvalue weighted by Crippen LogP contribution is 2.14. The third kappa shape index (κ3) is 7.34. The van der Waals surface area contributed by atoms with Crippen molar-refractivity contribution in [3.05, 3.63) is 0 Å². The lowest BCUT2D eigenvalue weighted by atomic mass is 9.95. The van der Waals surface area contributed by atoms with Crippen molar-refractivity contribution in [2.45, 2.75) is 65.0 Å². The first kappa shape index (κ1) is 16.4. The maximum absolute atomic E-state index is 11.4. The molecule has 0 aliphatic heterocycles. The quantitative estimate of drug-likeness (QED) is 0.640. The van der Waals surface area contributed by atoms with Crippen molar-refractivity contribution >= 4 is 5.91 Å². The van der Waals surface area contributed by atoms with Crippen LogP contribution in [0.5, 0.6) is 0 Å². The van der Waals surface area contributed by atoms with Crippen LogP contribution < -0.4 is 11.1 Å². The van der Waals surface area contributed by atoms with Gasteiger partial charge >= 0.3 is 0 Å². The first-order valence-corrected chi connectivity index (χ1v) is 6.40. The van der Waals surface area contributed by atoms with Crippen molar-refractivity contribution in [1.82, 2.24) is 5.32 Å². The minimum absolute atomic E-state index is 0.125. The molecule has 0 aromatic heterocycles. The van der Waals surface area contributed by atoms with Crippen LogP contribution in [0.1, 0.15) is 53.9 Å². The van der Waals surface area contributed by atoms with Gasteiger partial charge < -0.3 is 15.8 Å². The summed E-state index contributed by atoms with van der Waals surface area (Å²) in [6.45, 7) is 11.5. The fourth-order valence-corrected chi connectivity index (χ4v) is 1.50. The molecular formula is C13H28N2O2. The number of carbonyl (C=O) groups excluding carboxylic acids is 1. The third-order valence-corrected chi connectivity index (χ3v) is 2.67. The number of primary amides is 1. The second-order valence-electron chi connectivity index (χ2n) is 5.69. The van der Waals surface area contributed by atoms with Gasteiger partial charge in [0.05, 0.1) is 11.1 Å². The Kier molecular flexibility index (Phi) is 6.72. The number of rotatable bonds is 8. The summed E-state index contributed by atoms with van der Waals surface area (Å²) in [7, 11) is 0. The molecule has 17 heavy (non-hydrogen) atoms. The first-order valence-electron chi connectivity index (χ1n) is 6.40. The summed E-state index contributed by atoms with van der Waals surface area (Å²) in [6, 6.07) is 0. The van der Waals surface area contributed by atoms with E-state index in [1.807, 2.05) is 27.7 Å². The van der Waals surface area contributed by atoms with Crippen molar-refractivity contribution < 1.29 is 9.53 Å². The topological polar surface area (TPSA) is 64.3 Å². The van der Waals surface area contributed by atoms with Crippen LogP contribution >= 0.6 is 0 Å². The first-order chi connectivity index (χ1) is 7.71. The molecule has 0 radical (unpaired) electrons. The van der Waals surface area contributed by atoms with Crippen LogP contribution in [0.2, 0.25) is 0 Å². The highest BCUT2D eigenvalue weighted by molar-refractivity contribution is 5.84. The van der Waals surface area contributed by atoms with E-state index >= 15 is 0 Å². The van der Waals surface area contributed by atoms with E-state index in [0.29, 0.717) is 13.0 Å². The molecule has 0 aromatic rings. The van der Waals surface area contributed by atoms with E-state index in [4.69, 9.17) is 10.5 Å². The Hall–Kier alpha value is -0.610. The average molecular weight is 244 g/mol. The molecule has 0 saturated carbocycles. The third-order valence-electron chi connectivity index (χ3n) is 2.67. The molecule has 1 atom stereocenters. The summed E-state index contributed by atoms with van der Waals surface area (Å²) in [5.74, 6) is -0.290. The lowest BCUT2D eigenvalue weighted by Crippen LogP contribution is -2.53. The van der Waals surface area contributed by atoms with Gasteiger partial charge in [0.25, 0.3) is 0 Å². The Morgan fingerprint density at radius 1 is 1.29 bits per heavy atom. The number of ether oxygens (including phenoxy) is 1. The van der Waals surface area contributed by atoms with Gasteiger partial charge in [-0.1, -0.05) is 6.92 Å². The van der Waals surface area contributed by atoms with Gasteiger partial charge in [0.1, 0.15) is 0 Å². The predicted octanol–water partition coefficient (Wildman–Crippen LogP) is 1.83. The van der Waals surface area contributed by atoms with Crippen LogP contribution in [0.4, 0.5) is 0 Å². The van der Waals surface area contributed by atoms with Gasteiger partial charge in [-0.15, -0.1) is 0 Å². The molecule has 0 aliphatic carbocycles. The molecule has 0 rings (SSSR count). The molecule has 0 saturated heterocycles. The molecule has 1 unspecified atom stereocenters. The second-order valence-corrected chi connectivity index (χ2v) is 5.69. The summed E-state index contributed by atoms with van der Waals surface area (Å²) in [4.78, 5) is 11.4.